The molecule has 0 aliphatic heterocycles. The average Bonchev–Trinajstić information content (AvgIpc) is 3.10. The topological polar surface area (TPSA) is 65.7 Å². The molecule has 0 bridgehead atoms. The third kappa shape index (κ3) is 3.38. The molecule has 0 saturated heterocycles. The number of benzene rings is 1. The van der Waals surface area contributed by atoms with Crippen LogP contribution in [0.15, 0.2) is 48.9 Å². The molecule has 0 radical (unpaired) electrons. The van der Waals surface area contributed by atoms with Gasteiger partial charge in [-0.25, -0.2) is 18.2 Å². The molecule has 0 saturated carbocycles. The Kier molecular flexibility index (Phi) is 4.64. The molecule has 0 aliphatic carbocycles. The Bertz CT molecular complexity index is 1150. The first-order valence-corrected chi connectivity index (χ1v) is 8.30. The number of nitrogens with zero attached hydrogens (tertiary/aromatic N) is 5. The number of fused-ring (bicyclic) bond motifs is 1. The van der Waals surface area contributed by atoms with E-state index in [1.807, 2.05) is 0 Å². The van der Waals surface area contributed by atoms with Crippen LogP contribution >= 0.6 is 0 Å². The Morgan fingerprint density at radius 3 is 2.71 bits per heavy atom. The molecule has 0 unspecified atom stereocenters. The van der Waals surface area contributed by atoms with Crippen molar-refractivity contribution < 1.29 is 17.9 Å². The summed E-state index contributed by atoms with van der Waals surface area (Å²) in [6.07, 6.45) is 1.84. The van der Waals surface area contributed by atoms with Gasteiger partial charge >= 0.3 is 6.01 Å². The molecule has 142 valence electrons. The van der Waals surface area contributed by atoms with Gasteiger partial charge in [-0.1, -0.05) is 6.07 Å². The first-order valence-electron chi connectivity index (χ1n) is 8.30. The van der Waals surface area contributed by atoms with Crippen LogP contribution in [-0.2, 0) is 6.54 Å². The van der Waals surface area contributed by atoms with Crippen molar-refractivity contribution in [1.29, 1.82) is 0 Å². The van der Waals surface area contributed by atoms with Gasteiger partial charge in [-0.05, 0) is 29.8 Å². The first-order chi connectivity index (χ1) is 13.5. The zero-order valence-corrected chi connectivity index (χ0v) is 14.7. The highest BCUT2D eigenvalue weighted by atomic mass is 19.3. The number of aromatic nitrogens is 5. The van der Waals surface area contributed by atoms with Gasteiger partial charge in [-0.15, -0.1) is 0 Å². The van der Waals surface area contributed by atoms with Crippen LogP contribution in [0, 0.1) is 5.82 Å². The molecule has 28 heavy (non-hydrogen) atoms. The van der Waals surface area contributed by atoms with Crippen molar-refractivity contribution in [2.24, 2.45) is 0 Å². The van der Waals surface area contributed by atoms with Crippen molar-refractivity contribution >= 4 is 11.0 Å². The number of methoxy groups -OCH3 is 1. The summed E-state index contributed by atoms with van der Waals surface area (Å²) < 4.78 is 46.3. The Balaban J connectivity index is 1.73. The van der Waals surface area contributed by atoms with Crippen LogP contribution in [0.4, 0.5) is 13.2 Å². The second kappa shape index (κ2) is 7.26. The van der Waals surface area contributed by atoms with E-state index in [0.29, 0.717) is 34.4 Å². The van der Waals surface area contributed by atoms with E-state index >= 15 is 0 Å². The maximum atomic E-state index is 13.6. The summed E-state index contributed by atoms with van der Waals surface area (Å²) in [6.45, 7) is 0.346. The van der Waals surface area contributed by atoms with Gasteiger partial charge < -0.3 is 4.74 Å². The molecular formula is C19H14F3N5O. The van der Waals surface area contributed by atoms with Gasteiger partial charge in [0.2, 0.25) is 0 Å². The number of rotatable bonds is 5. The first kappa shape index (κ1) is 17.9. The fourth-order valence-electron chi connectivity index (χ4n) is 2.85. The lowest BCUT2D eigenvalue weighted by molar-refractivity contribution is 0.146. The zero-order chi connectivity index (χ0) is 19.7. The summed E-state index contributed by atoms with van der Waals surface area (Å²) in [6, 6.07) is 7.38. The molecule has 6 nitrogen and oxygen atoms in total. The molecule has 1 aromatic carbocycles. The number of pyridine rings is 1. The van der Waals surface area contributed by atoms with Crippen molar-refractivity contribution in [3.8, 4) is 17.1 Å². The molecule has 4 aromatic rings. The summed E-state index contributed by atoms with van der Waals surface area (Å²) in [7, 11) is 1.48. The van der Waals surface area contributed by atoms with E-state index in [0.717, 1.165) is 12.1 Å². The Morgan fingerprint density at radius 2 is 1.93 bits per heavy atom. The van der Waals surface area contributed by atoms with Gasteiger partial charge in [0.15, 0.2) is 0 Å². The lowest BCUT2D eigenvalue weighted by Gasteiger charge is -2.08. The lowest BCUT2D eigenvalue weighted by Crippen LogP contribution is -2.05. The molecule has 0 N–H and O–H groups in total. The van der Waals surface area contributed by atoms with Crippen molar-refractivity contribution in [3.63, 3.8) is 0 Å². The van der Waals surface area contributed by atoms with E-state index < -0.39 is 17.8 Å². The van der Waals surface area contributed by atoms with Crippen LogP contribution in [0.1, 0.15) is 17.7 Å². The highest BCUT2D eigenvalue weighted by molar-refractivity contribution is 5.80. The van der Waals surface area contributed by atoms with E-state index in [2.05, 4.69) is 20.1 Å². The predicted molar refractivity (Wildman–Crippen MR) is 95.6 cm³/mol. The van der Waals surface area contributed by atoms with Crippen LogP contribution in [-0.4, -0.2) is 31.8 Å². The SMILES string of the molecule is COc1nccc(Cn2ncc3ncc(-c4ccc(F)c(C(F)F)c4)cc32)n1. The normalized spacial score (nSPS) is 11.3. The Labute approximate surface area is 157 Å². The minimum absolute atomic E-state index is 0.249. The molecule has 0 aliphatic rings. The van der Waals surface area contributed by atoms with Crippen molar-refractivity contribution in [3.05, 3.63) is 66.0 Å². The van der Waals surface area contributed by atoms with E-state index in [9.17, 15) is 13.2 Å². The fraction of sp³-hybridized carbons (Fsp3) is 0.158. The van der Waals surface area contributed by atoms with Crippen LogP contribution in [0.2, 0.25) is 0 Å². The summed E-state index contributed by atoms with van der Waals surface area (Å²) in [5.41, 5.74) is 2.40. The summed E-state index contributed by atoms with van der Waals surface area (Å²) in [5, 5.41) is 4.31. The van der Waals surface area contributed by atoms with Crippen LogP contribution in [0.25, 0.3) is 22.2 Å². The number of hydrogen-bond acceptors (Lipinski definition) is 5. The maximum absolute atomic E-state index is 13.6. The summed E-state index contributed by atoms with van der Waals surface area (Å²) in [5.74, 6) is -0.935. The quantitative estimate of drug-likeness (QED) is 0.519. The largest absolute Gasteiger partial charge is 0.467 e. The van der Waals surface area contributed by atoms with Crippen molar-refractivity contribution in [1.82, 2.24) is 24.7 Å². The molecule has 0 atom stereocenters. The highest BCUT2D eigenvalue weighted by Crippen LogP contribution is 2.29. The Morgan fingerprint density at radius 1 is 1.07 bits per heavy atom. The lowest BCUT2D eigenvalue weighted by atomic mass is 10.0. The Hall–Kier alpha value is -3.49. The predicted octanol–water partition coefficient (Wildman–Crippen LogP) is 4.02. The standard InChI is InChI=1S/C19H14F3N5O/c1-28-19-23-5-4-13(26-19)10-27-17-7-12(8-24-16(17)9-25-27)11-2-3-15(20)14(6-11)18(21)22/h2-9,18H,10H2,1H3. The molecule has 4 rings (SSSR count). The minimum Gasteiger partial charge on any atom is -0.467 e. The molecule has 0 fully saturated rings. The third-order valence-corrected chi connectivity index (χ3v) is 4.24. The van der Waals surface area contributed by atoms with E-state index in [4.69, 9.17) is 4.74 Å². The molecular weight excluding hydrogens is 371 g/mol. The monoisotopic (exact) mass is 385 g/mol. The van der Waals surface area contributed by atoms with Gasteiger partial charge in [-0.2, -0.15) is 10.1 Å². The van der Waals surface area contributed by atoms with E-state index in [1.54, 1.807) is 35.4 Å². The second-order valence-electron chi connectivity index (χ2n) is 6.00. The van der Waals surface area contributed by atoms with E-state index in [-0.39, 0.29) is 6.01 Å². The maximum Gasteiger partial charge on any atom is 0.316 e. The van der Waals surface area contributed by atoms with Gasteiger partial charge in [0.1, 0.15) is 11.3 Å². The van der Waals surface area contributed by atoms with Crippen LogP contribution in [0.3, 0.4) is 0 Å². The second-order valence-corrected chi connectivity index (χ2v) is 6.00. The minimum atomic E-state index is -2.89. The molecule has 3 aromatic heterocycles. The number of hydrogen-bond donors (Lipinski definition) is 0. The number of halogens is 3. The van der Waals surface area contributed by atoms with E-state index in [1.165, 1.54) is 13.2 Å². The third-order valence-electron chi connectivity index (χ3n) is 4.24. The highest BCUT2D eigenvalue weighted by Gasteiger charge is 2.15. The number of alkyl halides is 2. The smallest absolute Gasteiger partial charge is 0.316 e. The number of ether oxygens (including phenoxy) is 1. The van der Waals surface area contributed by atoms with Crippen molar-refractivity contribution in [2.45, 2.75) is 13.0 Å². The zero-order valence-electron chi connectivity index (χ0n) is 14.7. The van der Waals surface area contributed by atoms with Gasteiger partial charge in [0.25, 0.3) is 6.43 Å². The molecule has 3 heterocycles. The summed E-state index contributed by atoms with van der Waals surface area (Å²) >= 11 is 0. The summed E-state index contributed by atoms with van der Waals surface area (Å²) in [4.78, 5) is 12.5. The van der Waals surface area contributed by atoms with Crippen LogP contribution < -0.4 is 4.74 Å². The molecule has 0 amide bonds. The molecule has 0 spiro atoms. The van der Waals surface area contributed by atoms with Gasteiger partial charge in [-0.3, -0.25) is 9.67 Å². The molecule has 9 heteroatoms. The van der Waals surface area contributed by atoms with Gasteiger partial charge in [0, 0.05) is 18.0 Å². The van der Waals surface area contributed by atoms with Crippen molar-refractivity contribution in [2.75, 3.05) is 7.11 Å². The average molecular weight is 385 g/mol. The van der Waals surface area contributed by atoms with Gasteiger partial charge in [0.05, 0.1) is 36.6 Å². The van der Waals surface area contributed by atoms with Crippen LogP contribution in [0.5, 0.6) is 6.01 Å². The fourth-order valence-corrected chi connectivity index (χ4v) is 2.85.